The van der Waals surface area contributed by atoms with E-state index < -0.39 is 5.97 Å². The highest BCUT2D eigenvalue weighted by Gasteiger charge is 1.95. The second kappa shape index (κ2) is 13.9. The van der Waals surface area contributed by atoms with Gasteiger partial charge in [0, 0.05) is 12.8 Å². The minimum absolute atomic E-state index is 0.0880. The maximum atomic E-state index is 10.4. The molecule has 1 N–H and O–H groups in total. The van der Waals surface area contributed by atoms with Crippen molar-refractivity contribution in [3.05, 3.63) is 0 Å². The van der Waals surface area contributed by atoms with E-state index in [1.165, 1.54) is 0 Å². The maximum absolute atomic E-state index is 10.4. The lowest BCUT2D eigenvalue weighted by atomic mass is 10.2. The number of carboxylic acid groups (broad SMARTS) is 1. The van der Waals surface area contributed by atoms with E-state index in [1.807, 2.05) is 13.8 Å². The highest BCUT2D eigenvalue weighted by atomic mass is 16.5. The van der Waals surface area contributed by atoms with Gasteiger partial charge in [0.15, 0.2) is 0 Å². The number of rotatable bonds is 7. The number of carbonyl (C=O) groups is 2. The molecule has 4 nitrogen and oxygen atoms in total. The second-order valence-corrected chi connectivity index (χ2v) is 3.41. The van der Waals surface area contributed by atoms with Crippen molar-refractivity contribution in [1.29, 1.82) is 0 Å². The number of carboxylic acids is 1. The molecule has 0 heterocycles. The van der Waals surface area contributed by atoms with Gasteiger partial charge in [-0.2, -0.15) is 0 Å². The Hall–Kier alpha value is -1.06. The molecule has 0 saturated carbocycles. The number of carbonyl (C=O) groups excluding carboxylic acids is 1. The van der Waals surface area contributed by atoms with Crippen LogP contribution in [0.3, 0.4) is 0 Å². The van der Waals surface area contributed by atoms with Crippen molar-refractivity contribution in [3.63, 3.8) is 0 Å². The molecular weight excluding hydrogens is 208 g/mol. The molecule has 0 bridgehead atoms. The van der Waals surface area contributed by atoms with Crippen LogP contribution in [0.2, 0.25) is 0 Å². The SMILES string of the molecule is CCCC(=O)OCC.CCCCCC(=O)O. The van der Waals surface area contributed by atoms with E-state index in [0.29, 0.717) is 19.4 Å². The summed E-state index contributed by atoms with van der Waals surface area (Å²) in [6, 6.07) is 0. The molecule has 4 heteroatoms. The normalized spacial score (nSPS) is 8.94. The van der Waals surface area contributed by atoms with Crippen LogP contribution in [0.4, 0.5) is 0 Å². The van der Waals surface area contributed by atoms with Crippen LogP contribution < -0.4 is 0 Å². The summed E-state index contributed by atoms with van der Waals surface area (Å²) in [5.41, 5.74) is 0. The zero-order valence-corrected chi connectivity index (χ0v) is 10.6. The molecular formula is C12H24O4. The van der Waals surface area contributed by atoms with E-state index in [0.717, 1.165) is 25.7 Å². The summed E-state index contributed by atoms with van der Waals surface area (Å²) >= 11 is 0. The third-order valence-corrected chi connectivity index (χ3v) is 1.75. The van der Waals surface area contributed by atoms with Crippen LogP contribution in [-0.2, 0) is 14.3 Å². The van der Waals surface area contributed by atoms with E-state index in [4.69, 9.17) is 5.11 Å². The number of hydrogen-bond acceptors (Lipinski definition) is 3. The first-order valence-corrected chi connectivity index (χ1v) is 5.95. The fourth-order valence-corrected chi connectivity index (χ4v) is 0.964. The van der Waals surface area contributed by atoms with E-state index in [1.54, 1.807) is 0 Å². The first-order chi connectivity index (χ1) is 7.58. The summed E-state index contributed by atoms with van der Waals surface area (Å²) in [6.07, 6.45) is 4.70. The van der Waals surface area contributed by atoms with Crippen molar-refractivity contribution in [2.45, 2.75) is 59.3 Å². The van der Waals surface area contributed by atoms with Crippen molar-refractivity contribution in [2.24, 2.45) is 0 Å². The van der Waals surface area contributed by atoms with E-state index >= 15 is 0 Å². The average molecular weight is 232 g/mol. The molecule has 0 rings (SSSR count). The molecule has 0 amide bonds. The maximum Gasteiger partial charge on any atom is 0.305 e. The van der Waals surface area contributed by atoms with E-state index in [-0.39, 0.29) is 5.97 Å². The van der Waals surface area contributed by atoms with Crippen molar-refractivity contribution in [2.75, 3.05) is 6.61 Å². The van der Waals surface area contributed by atoms with Crippen molar-refractivity contribution >= 4 is 11.9 Å². The summed E-state index contributed by atoms with van der Waals surface area (Å²) in [5.74, 6) is -0.770. The van der Waals surface area contributed by atoms with Crippen LogP contribution in [0, 0.1) is 0 Å². The monoisotopic (exact) mass is 232 g/mol. The standard InChI is InChI=1S/2C6H12O2/c1-3-5-6(7)8-4-2;1-2-3-4-5-6(7)8/h3-5H2,1-2H3;2-5H2,1H3,(H,7,8). The van der Waals surface area contributed by atoms with Crippen LogP contribution in [-0.4, -0.2) is 23.7 Å². The molecule has 0 fully saturated rings. The molecule has 0 atom stereocenters. The van der Waals surface area contributed by atoms with Crippen LogP contribution in [0.25, 0.3) is 0 Å². The lowest BCUT2D eigenvalue weighted by Gasteiger charge is -1.96. The van der Waals surface area contributed by atoms with Crippen LogP contribution in [0.5, 0.6) is 0 Å². The third-order valence-electron chi connectivity index (χ3n) is 1.75. The fourth-order valence-electron chi connectivity index (χ4n) is 0.964. The van der Waals surface area contributed by atoms with Gasteiger partial charge in [0.2, 0.25) is 0 Å². The fraction of sp³-hybridized carbons (Fsp3) is 0.833. The molecule has 0 spiro atoms. The molecule has 0 aromatic heterocycles. The summed E-state index contributed by atoms with van der Waals surface area (Å²) in [7, 11) is 0. The van der Waals surface area contributed by atoms with Gasteiger partial charge in [-0.05, 0) is 19.8 Å². The Morgan fingerprint density at radius 2 is 1.62 bits per heavy atom. The first kappa shape index (κ1) is 17.3. The quantitative estimate of drug-likeness (QED) is 0.541. The molecule has 0 aliphatic rings. The number of ether oxygens (including phenoxy) is 1. The van der Waals surface area contributed by atoms with Crippen LogP contribution in [0.1, 0.15) is 59.3 Å². The summed E-state index contributed by atoms with van der Waals surface area (Å²) in [5, 5.41) is 8.14. The molecule has 0 aliphatic heterocycles. The van der Waals surface area contributed by atoms with Gasteiger partial charge in [0.1, 0.15) is 0 Å². The first-order valence-electron chi connectivity index (χ1n) is 5.95. The summed E-state index contributed by atoms with van der Waals surface area (Å²) in [6.45, 7) is 6.32. The van der Waals surface area contributed by atoms with Crippen LogP contribution in [0.15, 0.2) is 0 Å². The topological polar surface area (TPSA) is 63.6 Å². The molecule has 16 heavy (non-hydrogen) atoms. The largest absolute Gasteiger partial charge is 0.481 e. The Balaban J connectivity index is 0. The van der Waals surface area contributed by atoms with Gasteiger partial charge in [-0.15, -0.1) is 0 Å². The highest BCUT2D eigenvalue weighted by Crippen LogP contribution is 1.97. The van der Waals surface area contributed by atoms with Gasteiger partial charge < -0.3 is 9.84 Å². The Labute approximate surface area is 98.0 Å². The molecule has 0 unspecified atom stereocenters. The van der Waals surface area contributed by atoms with Gasteiger partial charge >= 0.3 is 11.9 Å². The van der Waals surface area contributed by atoms with Gasteiger partial charge in [-0.3, -0.25) is 9.59 Å². The Bertz CT molecular complexity index is 170. The molecule has 0 saturated heterocycles. The highest BCUT2D eigenvalue weighted by molar-refractivity contribution is 5.69. The van der Waals surface area contributed by atoms with Crippen molar-refractivity contribution in [1.82, 2.24) is 0 Å². The molecule has 0 aliphatic carbocycles. The Morgan fingerprint density at radius 3 is 2.00 bits per heavy atom. The smallest absolute Gasteiger partial charge is 0.305 e. The molecule has 0 aromatic carbocycles. The molecule has 0 aromatic rings. The number of unbranched alkanes of at least 4 members (excludes halogenated alkanes) is 2. The van der Waals surface area contributed by atoms with Gasteiger partial charge in [-0.1, -0.05) is 26.7 Å². The van der Waals surface area contributed by atoms with Crippen LogP contribution >= 0.6 is 0 Å². The average Bonchev–Trinajstić information content (AvgIpc) is 2.19. The third kappa shape index (κ3) is 18.7. The lowest BCUT2D eigenvalue weighted by Crippen LogP contribution is -2.01. The number of aliphatic carboxylic acids is 1. The molecule has 0 radical (unpaired) electrons. The number of esters is 1. The minimum Gasteiger partial charge on any atom is -0.481 e. The predicted octanol–water partition coefficient (Wildman–Crippen LogP) is 3.00. The second-order valence-electron chi connectivity index (χ2n) is 3.41. The zero-order valence-electron chi connectivity index (χ0n) is 10.6. The Morgan fingerprint density at radius 1 is 1.00 bits per heavy atom. The molecule has 96 valence electrons. The Kier molecular flexibility index (Phi) is 15.1. The minimum atomic E-state index is -0.682. The lowest BCUT2D eigenvalue weighted by molar-refractivity contribution is -0.143. The van der Waals surface area contributed by atoms with Gasteiger partial charge in [-0.25, -0.2) is 0 Å². The summed E-state index contributed by atoms with van der Waals surface area (Å²) in [4.78, 5) is 20.3. The van der Waals surface area contributed by atoms with Crippen molar-refractivity contribution < 1.29 is 19.4 Å². The number of hydrogen-bond donors (Lipinski definition) is 1. The zero-order chi connectivity index (χ0) is 12.8. The van der Waals surface area contributed by atoms with Gasteiger partial charge in [0.25, 0.3) is 0 Å². The summed E-state index contributed by atoms with van der Waals surface area (Å²) < 4.78 is 4.64. The van der Waals surface area contributed by atoms with E-state index in [9.17, 15) is 9.59 Å². The van der Waals surface area contributed by atoms with Gasteiger partial charge in [0.05, 0.1) is 6.61 Å². The predicted molar refractivity (Wildman–Crippen MR) is 63.3 cm³/mol. The van der Waals surface area contributed by atoms with E-state index in [2.05, 4.69) is 11.7 Å². The van der Waals surface area contributed by atoms with Crippen molar-refractivity contribution in [3.8, 4) is 0 Å².